The highest BCUT2D eigenvalue weighted by Crippen LogP contribution is 2.16. The first kappa shape index (κ1) is 10.0. The molecule has 2 heterocycles. The highest BCUT2D eigenvalue weighted by atomic mass is 16.2. The molecule has 0 spiro atoms. The third-order valence-corrected chi connectivity index (χ3v) is 2.84. The highest BCUT2D eigenvalue weighted by molar-refractivity contribution is 5.90. The molecule has 0 saturated carbocycles. The van der Waals surface area contributed by atoms with Crippen LogP contribution in [0.5, 0.6) is 0 Å². The van der Waals surface area contributed by atoms with Gasteiger partial charge >= 0.3 is 0 Å². The molecule has 2 atom stereocenters. The van der Waals surface area contributed by atoms with Crippen molar-refractivity contribution < 1.29 is 4.79 Å². The number of hydrogen-bond acceptors (Lipinski definition) is 5. The first-order valence-electron chi connectivity index (χ1n) is 4.97. The summed E-state index contributed by atoms with van der Waals surface area (Å²) in [6.07, 6.45) is 0.921. The standard InChI is InChI=1S/C8H14N6O/c1-5-2-3-14(4-6(5)9)8(15)7-10-12-13-11-7/h5-6H,2-4,9H2,1H3,(H,10,11,12,13). The van der Waals surface area contributed by atoms with Gasteiger partial charge < -0.3 is 10.6 Å². The van der Waals surface area contributed by atoms with Crippen LogP contribution in [-0.2, 0) is 0 Å². The number of carbonyl (C=O) groups excluding carboxylic acids is 1. The summed E-state index contributed by atoms with van der Waals surface area (Å²) in [5.41, 5.74) is 5.90. The average molecular weight is 210 g/mol. The molecule has 82 valence electrons. The molecule has 1 aliphatic heterocycles. The average Bonchev–Trinajstić information content (AvgIpc) is 2.74. The maximum Gasteiger partial charge on any atom is 0.295 e. The number of aromatic amines is 1. The van der Waals surface area contributed by atoms with E-state index >= 15 is 0 Å². The fourth-order valence-corrected chi connectivity index (χ4v) is 1.68. The lowest BCUT2D eigenvalue weighted by atomic mass is 9.94. The molecule has 0 bridgehead atoms. The van der Waals surface area contributed by atoms with E-state index in [-0.39, 0.29) is 17.8 Å². The minimum atomic E-state index is -0.203. The first-order valence-corrected chi connectivity index (χ1v) is 4.97. The Balaban J connectivity index is 2.03. The summed E-state index contributed by atoms with van der Waals surface area (Å²) in [4.78, 5) is 13.5. The molecule has 1 aliphatic rings. The van der Waals surface area contributed by atoms with Crippen LogP contribution in [0.15, 0.2) is 0 Å². The van der Waals surface area contributed by atoms with E-state index in [0.29, 0.717) is 19.0 Å². The van der Waals surface area contributed by atoms with Crippen molar-refractivity contribution in [2.24, 2.45) is 11.7 Å². The molecule has 7 nitrogen and oxygen atoms in total. The van der Waals surface area contributed by atoms with Gasteiger partial charge in [0.05, 0.1) is 0 Å². The van der Waals surface area contributed by atoms with Crippen LogP contribution in [-0.4, -0.2) is 50.6 Å². The molecule has 1 aromatic rings. The molecule has 1 saturated heterocycles. The van der Waals surface area contributed by atoms with Gasteiger partial charge in [0.25, 0.3) is 11.7 Å². The summed E-state index contributed by atoms with van der Waals surface area (Å²) in [5.74, 6) is 0.363. The summed E-state index contributed by atoms with van der Waals surface area (Å²) in [6, 6.07) is 0.0367. The summed E-state index contributed by atoms with van der Waals surface area (Å²) < 4.78 is 0. The Morgan fingerprint density at radius 2 is 2.47 bits per heavy atom. The number of amides is 1. The highest BCUT2D eigenvalue weighted by Gasteiger charge is 2.28. The van der Waals surface area contributed by atoms with E-state index in [9.17, 15) is 4.79 Å². The van der Waals surface area contributed by atoms with Crippen molar-refractivity contribution in [2.45, 2.75) is 19.4 Å². The van der Waals surface area contributed by atoms with E-state index in [1.54, 1.807) is 4.90 Å². The Morgan fingerprint density at radius 3 is 3.07 bits per heavy atom. The van der Waals surface area contributed by atoms with Crippen molar-refractivity contribution in [3.8, 4) is 0 Å². The van der Waals surface area contributed by atoms with Crippen molar-refractivity contribution >= 4 is 5.91 Å². The normalized spacial score (nSPS) is 26.7. The zero-order valence-electron chi connectivity index (χ0n) is 8.55. The quantitative estimate of drug-likeness (QED) is 0.619. The number of nitrogens with two attached hydrogens (primary N) is 1. The molecule has 0 aliphatic carbocycles. The Labute approximate surface area is 87.0 Å². The summed E-state index contributed by atoms with van der Waals surface area (Å²) in [7, 11) is 0. The Bertz CT molecular complexity index is 337. The number of carbonyl (C=O) groups is 1. The topological polar surface area (TPSA) is 101 Å². The van der Waals surface area contributed by atoms with E-state index in [0.717, 1.165) is 6.42 Å². The van der Waals surface area contributed by atoms with Crippen molar-refractivity contribution in [2.75, 3.05) is 13.1 Å². The number of likely N-dealkylation sites (tertiary alicyclic amines) is 1. The minimum absolute atomic E-state index is 0.0367. The van der Waals surface area contributed by atoms with Crippen molar-refractivity contribution in [1.82, 2.24) is 25.5 Å². The smallest absolute Gasteiger partial charge is 0.295 e. The lowest BCUT2D eigenvalue weighted by Gasteiger charge is -2.34. The number of tetrazole rings is 1. The second-order valence-electron chi connectivity index (χ2n) is 3.92. The van der Waals surface area contributed by atoms with E-state index in [1.165, 1.54) is 0 Å². The fourth-order valence-electron chi connectivity index (χ4n) is 1.68. The molecule has 3 N–H and O–H groups in total. The molecule has 2 rings (SSSR count). The number of hydrogen-bond donors (Lipinski definition) is 2. The third kappa shape index (κ3) is 1.96. The number of aromatic nitrogens is 4. The van der Waals surface area contributed by atoms with Gasteiger partial charge in [-0.25, -0.2) is 0 Å². The predicted octanol–water partition coefficient (Wildman–Crippen LogP) is -0.991. The van der Waals surface area contributed by atoms with Gasteiger partial charge in [-0.3, -0.25) is 4.79 Å². The fraction of sp³-hybridized carbons (Fsp3) is 0.750. The summed E-state index contributed by atoms with van der Waals surface area (Å²) in [6.45, 7) is 3.37. The Hall–Kier alpha value is -1.50. The second-order valence-corrected chi connectivity index (χ2v) is 3.92. The number of nitrogens with one attached hydrogen (secondary N) is 1. The number of rotatable bonds is 1. The lowest BCUT2D eigenvalue weighted by Crippen LogP contribution is -2.49. The molecule has 0 aromatic carbocycles. The van der Waals surface area contributed by atoms with Crippen LogP contribution in [0.4, 0.5) is 0 Å². The van der Waals surface area contributed by atoms with Gasteiger partial charge in [0.2, 0.25) is 0 Å². The summed E-state index contributed by atoms with van der Waals surface area (Å²) in [5, 5.41) is 12.9. The molecular weight excluding hydrogens is 196 g/mol. The largest absolute Gasteiger partial charge is 0.334 e. The van der Waals surface area contributed by atoms with Crippen LogP contribution < -0.4 is 5.73 Å². The second kappa shape index (κ2) is 3.93. The van der Waals surface area contributed by atoms with Gasteiger partial charge in [-0.05, 0) is 17.6 Å². The molecule has 0 radical (unpaired) electrons. The minimum Gasteiger partial charge on any atom is -0.334 e. The van der Waals surface area contributed by atoms with Crippen LogP contribution in [0.1, 0.15) is 24.0 Å². The van der Waals surface area contributed by atoms with Crippen LogP contribution in [0.2, 0.25) is 0 Å². The van der Waals surface area contributed by atoms with E-state index in [4.69, 9.17) is 5.73 Å². The van der Waals surface area contributed by atoms with Gasteiger partial charge in [-0.2, -0.15) is 5.21 Å². The first-order chi connectivity index (χ1) is 7.18. The van der Waals surface area contributed by atoms with E-state index in [2.05, 4.69) is 27.5 Å². The molecular formula is C8H14N6O. The van der Waals surface area contributed by atoms with Gasteiger partial charge in [-0.1, -0.05) is 6.92 Å². The van der Waals surface area contributed by atoms with Crippen LogP contribution >= 0.6 is 0 Å². The van der Waals surface area contributed by atoms with Gasteiger partial charge in [0.15, 0.2) is 0 Å². The number of nitrogens with zero attached hydrogens (tertiary/aromatic N) is 4. The predicted molar refractivity (Wildman–Crippen MR) is 51.8 cm³/mol. The SMILES string of the molecule is CC1CCN(C(=O)c2nn[nH]n2)CC1N. The van der Waals surface area contributed by atoms with Gasteiger partial charge in [0, 0.05) is 19.1 Å². The van der Waals surface area contributed by atoms with Crippen LogP contribution in [0.3, 0.4) is 0 Å². The molecule has 15 heavy (non-hydrogen) atoms. The molecule has 2 unspecified atom stereocenters. The zero-order chi connectivity index (χ0) is 10.8. The Kier molecular flexibility index (Phi) is 2.63. The molecule has 1 amide bonds. The number of H-pyrrole nitrogens is 1. The maximum absolute atomic E-state index is 11.8. The van der Waals surface area contributed by atoms with Crippen LogP contribution in [0.25, 0.3) is 0 Å². The maximum atomic E-state index is 11.8. The van der Waals surface area contributed by atoms with Gasteiger partial charge in [0.1, 0.15) is 0 Å². The van der Waals surface area contributed by atoms with E-state index in [1.807, 2.05) is 0 Å². The summed E-state index contributed by atoms with van der Waals surface area (Å²) >= 11 is 0. The Morgan fingerprint density at radius 1 is 1.67 bits per heavy atom. The van der Waals surface area contributed by atoms with Gasteiger partial charge in [-0.15, -0.1) is 10.2 Å². The van der Waals surface area contributed by atoms with Crippen molar-refractivity contribution in [3.63, 3.8) is 0 Å². The number of piperidine rings is 1. The van der Waals surface area contributed by atoms with Crippen molar-refractivity contribution in [3.05, 3.63) is 5.82 Å². The monoisotopic (exact) mass is 210 g/mol. The molecule has 1 fully saturated rings. The zero-order valence-corrected chi connectivity index (χ0v) is 8.55. The molecule has 7 heteroatoms. The lowest BCUT2D eigenvalue weighted by molar-refractivity contribution is 0.0660. The van der Waals surface area contributed by atoms with Crippen molar-refractivity contribution in [1.29, 1.82) is 0 Å². The van der Waals surface area contributed by atoms with Crippen LogP contribution in [0, 0.1) is 5.92 Å². The molecule has 1 aromatic heterocycles. The van der Waals surface area contributed by atoms with E-state index < -0.39 is 0 Å². The third-order valence-electron chi connectivity index (χ3n) is 2.84.